The fourth-order valence-corrected chi connectivity index (χ4v) is 1.66. The molecule has 12 heteroatoms. The summed E-state index contributed by atoms with van der Waals surface area (Å²) < 4.78 is 120. The first-order valence-electron chi connectivity index (χ1n) is 3.98. The Balaban J connectivity index is 5.76. The van der Waals surface area contributed by atoms with Crippen LogP contribution in [-0.4, -0.2) is 50.3 Å². The third-order valence-corrected chi connectivity index (χ3v) is 3.68. The number of rotatable bonds is 4. The fraction of sp³-hybridized carbons (Fsp3) is 1.00. The molecule has 0 fully saturated rings. The monoisotopic (exact) mass is 309 g/mol. The molecule has 0 aliphatic rings. The zero-order valence-corrected chi connectivity index (χ0v) is 9.59. The standard InChI is InChI=1S/C6H7F8NO2S/c1-15(2)18(16,17)6(13,14)4(8,9)3(7)5(10,11)12/h3H,1-2H3. The van der Waals surface area contributed by atoms with Crippen molar-refractivity contribution in [2.75, 3.05) is 14.1 Å². The van der Waals surface area contributed by atoms with Crippen molar-refractivity contribution in [2.24, 2.45) is 0 Å². The number of halogens is 8. The highest BCUT2D eigenvalue weighted by Crippen LogP contribution is 2.47. The van der Waals surface area contributed by atoms with Crippen LogP contribution in [0.5, 0.6) is 0 Å². The molecule has 0 amide bonds. The molecule has 0 bridgehead atoms. The molecule has 0 heterocycles. The third-order valence-electron chi connectivity index (χ3n) is 1.80. The maximum absolute atomic E-state index is 12.9. The van der Waals surface area contributed by atoms with Crippen molar-refractivity contribution in [1.82, 2.24) is 4.31 Å². The van der Waals surface area contributed by atoms with Crippen LogP contribution in [0.25, 0.3) is 0 Å². The fourth-order valence-electron chi connectivity index (χ4n) is 0.754. The summed E-state index contributed by atoms with van der Waals surface area (Å²) in [4.78, 5) is 0. The molecule has 0 rings (SSSR count). The second kappa shape index (κ2) is 4.47. The van der Waals surface area contributed by atoms with Gasteiger partial charge in [-0.2, -0.15) is 30.7 Å². The molecule has 0 aromatic rings. The Labute approximate surface area is 96.4 Å². The van der Waals surface area contributed by atoms with Gasteiger partial charge in [0, 0.05) is 14.1 Å². The minimum atomic E-state index is -6.45. The lowest BCUT2D eigenvalue weighted by molar-refractivity contribution is -0.284. The van der Waals surface area contributed by atoms with Gasteiger partial charge in [0.1, 0.15) is 0 Å². The normalized spacial score (nSPS) is 17.1. The van der Waals surface area contributed by atoms with E-state index < -0.39 is 37.9 Å². The predicted molar refractivity (Wildman–Crippen MR) is 43.5 cm³/mol. The van der Waals surface area contributed by atoms with Crippen LogP contribution in [0.15, 0.2) is 0 Å². The summed E-state index contributed by atoms with van der Waals surface area (Å²) in [7, 11) is -5.35. The van der Waals surface area contributed by atoms with Crippen LogP contribution in [0.2, 0.25) is 0 Å². The average molecular weight is 309 g/mol. The molecule has 0 radical (unpaired) electrons. The summed E-state index contributed by atoms with van der Waals surface area (Å²) in [6.45, 7) is 0. The van der Waals surface area contributed by atoms with Crippen molar-refractivity contribution in [1.29, 1.82) is 0 Å². The van der Waals surface area contributed by atoms with Crippen LogP contribution in [-0.2, 0) is 10.0 Å². The van der Waals surface area contributed by atoms with Gasteiger partial charge >= 0.3 is 17.4 Å². The first kappa shape index (κ1) is 17.4. The molecule has 18 heavy (non-hydrogen) atoms. The quantitative estimate of drug-likeness (QED) is 0.745. The van der Waals surface area contributed by atoms with E-state index in [2.05, 4.69) is 0 Å². The largest absolute Gasteiger partial charge is 0.425 e. The van der Waals surface area contributed by atoms with E-state index in [4.69, 9.17) is 0 Å². The second-order valence-electron chi connectivity index (χ2n) is 3.33. The first-order valence-corrected chi connectivity index (χ1v) is 5.42. The molecule has 3 nitrogen and oxygen atoms in total. The van der Waals surface area contributed by atoms with Crippen LogP contribution < -0.4 is 0 Å². The molecule has 0 aliphatic heterocycles. The Morgan fingerprint density at radius 3 is 1.50 bits per heavy atom. The lowest BCUT2D eigenvalue weighted by Gasteiger charge is -2.30. The third kappa shape index (κ3) is 2.53. The van der Waals surface area contributed by atoms with E-state index in [1.54, 1.807) is 0 Å². The maximum atomic E-state index is 12.9. The molecule has 1 unspecified atom stereocenters. The summed E-state index contributed by atoms with van der Waals surface area (Å²) in [6.07, 6.45) is -11.6. The molecule has 0 spiro atoms. The van der Waals surface area contributed by atoms with Gasteiger partial charge in [-0.1, -0.05) is 0 Å². The summed E-state index contributed by atoms with van der Waals surface area (Å²) in [5.74, 6) is -6.45. The highest BCUT2D eigenvalue weighted by molar-refractivity contribution is 7.90. The van der Waals surface area contributed by atoms with Crippen molar-refractivity contribution >= 4 is 10.0 Å². The Morgan fingerprint density at radius 2 is 1.28 bits per heavy atom. The van der Waals surface area contributed by atoms with Gasteiger partial charge in [0.2, 0.25) is 0 Å². The minimum Gasteiger partial charge on any atom is -0.230 e. The lowest BCUT2D eigenvalue weighted by Crippen LogP contribution is -2.59. The molecule has 0 saturated heterocycles. The first-order chi connectivity index (χ1) is 7.60. The minimum absolute atomic E-state index is 0.389. The van der Waals surface area contributed by atoms with Crippen molar-refractivity contribution in [3.63, 3.8) is 0 Å². The molecule has 0 aromatic heterocycles. The van der Waals surface area contributed by atoms with Gasteiger partial charge in [0.15, 0.2) is 0 Å². The van der Waals surface area contributed by atoms with Crippen molar-refractivity contribution in [3.05, 3.63) is 0 Å². The van der Waals surface area contributed by atoms with E-state index in [0.717, 1.165) is 0 Å². The highest BCUT2D eigenvalue weighted by Gasteiger charge is 2.75. The average Bonchev–Trinajstić information content (AvgIpc) is 2.14. The van der Waals surface area contributed by atoms with Crippen LogP contribution in [0.3, 0.4) is 0 Å². The number of alkyl halides is 8. The zero-order chi connectivity index (χ0) is 15.2. The van der Waals surface area contributed by atoms with E-state index in [0.29, 0.717) is 14.1 Å². The Hall–Kier alpha value is -0.650. The van der Waals surface area contributed by atoms with Gasteiger partial charge in [0.05, 0.1) is 0 Å². The predicted octanol–water partition coefficient (Wildman–Crippen LogP) is 2.01. The van der Waals surface area contributed by atoms with E-state index in [1.807, 2.05) is 0 Å². The van der Waals surface area contributed by atoms with Crippen molar-refractivity contribution in [3.8, 4) is 0 Å². The van der Waals surface area contributed by atoms with Crippen LogP contribution >= 0.6 is 0 Å². The molecule has 0 saturated carbocycles. The topological polar surface area (TPSA) is 37.4 Å². The van der Waals surface area contributed by atoms with Gasteiger partial charge in [-0.15, -0.1) is 0 Å². The van der Waals surface area contributed by atoms with E-state index >= 15 is 0 Å². The molecule has 0 aromatic carbocycles. The van der Waals surface area contributed by atoms with Crippen molar-refractivity contribution in [2.45, 2.75) is 23.5 Å². The van der Waals surface area contributed by atoms with Gasteiger partial charge < -0.3 is 0 Å². The SMILES string of the molecule is CN(C)S(=O)(=O)C(F)(F)C(F)(F)C(F)C(F)(F)F. The van der Waals surface area contributed by atoms with Gasteiger partial charge in [-0.05, 0) is 0 Å². The highest BCUT2D eigenvalue weighted by atomic mass is 32.2. The van der Waals surface area contributed by atoms with E-state index in [1.165, 1.54) is 0 Å². The number of hydrogen-bond donors (Lipinski definition) is 0. The molecular weight excluding hydrogens is 302 g/mol. The van der Waals surface area contributed by atoms with Gasteiger partial charge in [0.25, 0.3) is 16.2 Å². The molecule has 0 N–H and O–H groups in total. The van der Waals surface area contributed by atoms with E-state index in [9.17, 15) is 43.5 Å². The smallest absolute Gasteiger partial charge is 0.230 e. The number of nitrogens with zero attached hydrogens (tertiary/aromatic N) is 1. The van der Waals surface area contributed by atoms with Crippen LogP contribution in [0, 0.1) is 0 Å². The summed E-state index contributed by atoms with van der Waals surface area (Å²) in [5.41, 5.74) is 0. The lowest BCUT2D eigenvalue weighted by atomic mass is 10.2. The Morgan fingerprint density at radius 1 is 0.944 bits per heavy atom. The van der Waals surface area contributed by atoms with Gasteiger partial charge in [-0.3, -0.25) is 0 Å². The van der Waals surface area contributed by atoms with Crippen LogP contribution in [0.4, 0.5) is 35.1 Å². The molecule has 1 atom stereocenters. The van der Waals surface area contributed by atoms with Gasteiger partial charge in [-0.25, -0.2) is 17.1 Å². The summed E-state index contributed by atoms with van der Waals surface area (Å²) in [5, 5.41) is -6.24. The second-order valence-corrected chi connectivity index (χ2v) is 5.52. The number of sulfonamides is 1. The molecule has 0 aliphatic carbocycles. The Kier molecular flexibility index (Phi) is 4.31. The van der Waals surface area contributed by atoms with Crippen LogP contribution in [0.1, 0.15) is 0 Å². The molecule has 110 valence electrons. The van der Waals surface area contributed by atoms with E-state index in [-0.39, 0.29) is 0 Å². The maximum Gasteiger partial charge on any atom is 0.425 e. The zero-order valence-electron chi connectivity index (χ0n) is 8.77. The molecular formula is C6H7F8NO2S. The summed E-state index contributed by atoms with van der Waals surface area (Å²) in [6, 6.07) is 0. The number of hydrogen-bond acceptors (Lipinski definition) is 2. The van der Waals surface area contributed by atoms with Crippen molar-refractivity contribution < 1.29 is 43.5 Å². The Bertz CT molecular complexity index is 400. The summed E-state index contributed by atoms with van der Waals surface area (Å²) >= 11 is 0.